The van der Waals surface area contributed by atoms with Crippen molar-refractivity contribution in [2.24, 2.45) is 0 Å². The molecule has 0 radical (unpaired) electrons. The molecule has 0 unspecified atom stereocenters. The van der Waals surface area contributed by atoms with Crippen molar-refractivity contribution in [2.75, 3.05) is 24.5 Å². The minimum atomic E-state index is 0.231. The van der Waals surface area contributed by atoms with E-state index in [1.54, 1.807) is 0 Å². The zero-order chi connectivity index (χ0) is 20.8. The van der Waals surface area contributed by atoms with Crippen LogP contribution < -0.4 is 10.2 Å². The van der Waals surface area contributed by atoms with E-state index >= 15 is 0 Å². The molecule has 4 heteroatoms. The lowest BCUT2D eigenvalue weighted by Crippen LogP contribution is -2.32. The molecule has 30 heavy (non-hydrogen) atoms. The van der Waals surface area contributed by atoms with E-state index in [0.717, 1.165) is 75.8 Å². The smallest absolute Gasteiger partial charge is 0.227 e. The highest BCUT2D eigenvalue weighted by atomic mass is 16.2. The fourth-order valence-corrected chi connectivity index (χ4v) is 4.66. The van der Waals surface area contributed by atoms with Crippen LogP contribution in [0.2, 0.25) is 0 Å². The number of anilines is 1. The van der Waals surface area contributed by atoms with Crippen LogP contribution >= 0.6 is 0 Å². The third-order valence-corrected chi connectivity index (χ3v) is 6.29. The second kappa shape index (κ2) is 10.0. The predicted octanol–water partition coefficient (Wildman–Crippen LogP) is 4.49. The number of nitrogens with zero attached hydrogens (tertiary/aromatic N) is 1. The molecule has 1 N–H and O–H groups in total. The Morgan fingerprint density at radius 2 is 1.67 bits per heavy atom. The summed E-state index contributed by atoms with van der Waals surface area (Å²) in [5.74, 6) is 0.481. The Morgan fingerprint density at radius 3 is 2.50 bits per heavy atom. The molecule has 2 heterocycles. The Kier molecular flexibility index (Phi) is 6.96. The van der Waals surface area contributed by atoms with E-state index in [9.17, 15) is 9.59 Å². The summed E-state index contributed by atoms with van der Waals surface area (Å²) >= 11 is 0. The van der Waals surface area contributed by atoms with Crippen molar-refractivity contribution in [3.63, 3.8) is 0 Å². The van der Waals surface area contributed by atoms with Crippen LogP contribution in [0.5, 0.6) is 0 Å². The van der Waals surface area contributed by atoms with Gasteiger partial charge in [-0.25, -0.2) is 0 Å². The van der Waals surface area contributed by atoms with Gasteiger partial charge < -0.3 is 10.2 Å². The molecule has 4 rings (SSSR count). The van der Waals surface area contributed by atoms with Crippen molar-refractivity contribution < 1.29 is 9.59 Å². The van der Waals surface area contributed by atoms with Crippen LogP contribution in [0, 0.1) is 0 Å². The topological polar surface area (TPSA) is 49.4 Å². The lowest BCUT2D eigenvalue weighted by Gasteiger charge is -2.25. The number of carbonyl (C=O) groups is 2. The van der Waals surface area contributed by atoms with Gasteiger partial charge in [0.05, 0.1) is 5.69 Å². The summed E-state index contributed by atoms with van der Waals surface area (Å²) in [5.41, 5.74) is 5.72. The molecular formula is C26H32N2O2. The molecular weight excluding hydrogens is 372 g/mol. The summed E-state index contributed by atoms with van der Waals surface area (Å²) in [7, 11) is 0. The van der Waals surface area contributed by atoms with Crippen molar-refractivity contribution in [3.05, 3.63) is 64.7 Å². The number of amides is 1. The fourth-order valence-electron chi connectivity index (χ4n) is 4.66. The van der Waals surface area contributed by atoms with Gasteiger partial charge in [0.1, 0.15) is 0 Å². The molecule has 1 amide bonds. The highest BCUT2D eigenvalue weighted by Gasteiger charge is 2.31. The van der Waals surface area contributed by atoms with E-state index in [4.69, 9.17) is 0 Å². The number of aryl methyl sites for hydroxylation is 2. The first-order chi connectivity index (χ1) is 14.7. The number of carbonyl (C=O) groups excluding carboxylic acids is 2. The summed E-state index contributed by atoms with van der Waals surface area (Å²) in [4.78, 5) is 26.6. The summed E-state index contributed by atoms with van der Waals surface area (Å²) in [6, 6.07) is 14.7. The summed E-state index contributed by atoms with van der Waals surface area (Å²) in [6.45, 7) is 2.85. The van der Waals surface area contributed by atoms with Gasteiger partial charge in [0.15, 0.2) is 5.78 Å². The molecule has 0 fully saturated rings. The van der Waals surface area contributed by atoms with Crippen molar-refractivity contribution in [1.29, 1.82) is 0 Å². The third-order valence-electron chi connectivity index (χ3n) is 6.29. The van der Waals surface area contributed by atoms with Gasteiger partial charge in [-0.1, -0.05) is 36.8 Å². The van der Waals surface area contributed by atoms with Gasteiger partial charge in [0.2, 0.25) is 5.91 Å². The van der Waals surface area contributed by atoms with Crippen LogP contribution in [0.15, 0.2) is 42.5 Å². The monoisotopic (exact) mass is 404 g/mol. The molecule has 0 spiro atoms. The number of Topliss-reactive ketones (excluding diaryl/α,β-unsaturated/α-hetero) is 1. The van der Waals surface area contributed by atoms with Crippen LogP contribution in [0.3, 0.4) is 0 Å². The lowest BCUT2D eigenvalue weighted by atomic mass is 9.94. The molecule has 2 aliphatic heterocycles. The number of benzene rings is 2. The molecule has 2 aromatic carbocycles. The number of unbranched alkanes of at least 4 members (excludes halogenated alkanes) is 2. The molecule has 4 nitrogen and oxygen atoms in total. The largest absolute Gasteiger partial charge is 0.317 e. The standard InChI is InChI=1S/C26H32N2O2/c29-24(11-5-2-6-15-27-16-7-10-20-8-3-1-4-9-20)23-18-21-12-13-25(30)28-17-14-22(19-23)26(21)28/h1,3-4,8-9,18-19,27H,2,5-7,10-17H2. The number of hydrogen-bond acceptors (Lipinski definition) is 3. The summed E-state index contributed by atoms with van der Waals surface area (Å²) in [6.07, 6.45) is 8.27. The van der Waals surface area contributed by atoms with Gasteiger partial charge in [0, 0.05) is 24.9 Å². The summed E-state index contributed by atoms with van der Waals surface area (Å²) in [5, 5.41) is 3.52. The van der Waals surface area contributed by atoms with Crippen molar-refractivity contribution in [1.82, 2.24) is 5.32 Å². The molecule has 2 aromatic rings. The zero-order valence-electron chi connectivity index (χ0n) is 17.8. The van der Waals surface area contributed by atoms with Gasteiger partial charge in [-0.05, 0) is 80.4 Å². The highest BCUT2D eigenvalue weighted by molar-refractivity contribution is 6.02. The van der Waals surface area contributed by atoms with E-state index in [1.165, 1.54) is 16.7 Å². The van der Waals surface area contributed by atoms with Gasteiger partial charge >= 0.3 is 0 Å². The van der Waals surface area contributed by atoms with E-state index in [-0.39, 0.29) is 11.7 Å². The number of hydrogen-bond donors (Lipinski definition) is 1. The Balaban J connectivity index is 1.13. The molecule has 0 saturated heterocycles. The van der Waals surface area contributed by atoms with E-state index < -0.39 is 0 Å². The Hall–Kier alpha value is -2.46. The number of rotatable bonds is 11. The first-order valence-corrected chi connectivity index (χ1v) is 11.5. The molecule has 0 aliphatic carbocycles. The van der Waals surface area contributed by atoms with Crippen LogP contribution in [0.4, 0.5) is 5.69 Å². The molecule has 2 aliphatic rings. The number of ketones is 1. The molecule has 0 saturated carbocycles. The average molecular weight is 405 g/mol. The average Bonchev–Trinajstić information content (AvgIpc) is 3.21. The zero-order valence-corrected chi connectivity index (χ0v) is 17.8. The third kappa shape index (κ3) is 4.99. The van der Waals surface area contributed by atoms with Crippen LogP contribution in [0.25, 0.3) is 0 Å². The first-order valence-electron chi connectivity index (χ1n) is 11.5. The van der Waals surface area contributed by atoms with Gasteiger partial charge in [0.25, 0.3) is 0 Å². The quantitative estimate of drug-likeness (QED) is 0.443. The normalized spacial score (nSPS) is 14.8. The maximum absolute atomic E-state index is 12.7. The van der Waals surface area contributed by atoms with Crippen molar-refractivity contribution in [2.45, 2.75) is 57.8 Å². The second-order valence-electron chi connectivity index (χ2n) is 8.51. The Morgan fingerprint density at radius 1 is 0.900 bits per heavy atom. The number of nitrogens with one attached hydrogen (secondary N) is 1. The molecule has 0 bridgehead atoms. The summed E-state index contributed by atoms with van der Waals surface area (Å²) < 4.78 is 0. The van der Waals surface area contributed by atoms with E-state index in [0.29, 0.717) is 12.8 Å². The van der Waals surface area contributed by atoms with Gasteiger partial charge in [-0.2, -0.15) is 0 Å². The lowest BCUT2D eigenvalue weighted by molar-refractivity contribution is -0.118. The Bertz CT molecular complexity index is 891. The van der Waals surface area contributed by atoms with Crippen LogP contribution in [0.1, 0.15) is 65.6 Å². The molecule has 158 valence electrons. The van der Waals surface area contributed by atoms with E-state index in [1.807, 2.05) is 17.0 Å². The maximum Gasteiger partial charge on any atom is 0.227 e. The van der Waals surface area contributed by atoms with E-state index in [2.05, 4.69) is 35.6 Å². The van der Waals surface area contributed by atoms with Crippen molar-refractivity contribution in [3.8, 4) is 0 Å². The molecule has 0 aromatic heterocycles. The predicted molar refractivity (Wildman–Crippen MR) is 121 cm³/mol. The minimum absolute atomic E-state index is 0.231. The van der Waals surface area contributed by atoms with Crippen LogP contribution in [-0.4, -0.2) is 31.3 Å². The first kappa shape index (κ1) is 20.8. The van der Waals surface area contributed by atoms with Crippen molar-refractivity contribution >= 4 is 17.4 Å². The molecule has 0 atom stereocenters. The van der Waals surface area contributed by atoms with Gasteiger partial charge in [-0.3, -0.25) is 9.59 Å². The Labute approximate surface area is 179 Å². The highest BCUT2D eigenvalue weighted by Crippen LogP contribution is 2.37. The maximum atomic E-state index is 12.7. The van der Waals surface area contributed by atoms with Gasteiger partial charge in [-0.15, -0.1) is 0 Å². The fraction of sp³-hybridized carbons (Fsp3) is 0.462. The minimum Gasteiger partial charge on any atom is -0.317 e. The van der Waals surface area contributed by atoms with Crippen LogP contribution in [-0.2, 0) is 24.1 Å². The SMILES string of the molecule is O=C(CCCCCNCCCc1ccccc1)c1cc2c3c(c1)CCN3C(=O)CC2. The second-order valence-corrected chi connectivity index (χ2v) is 8.51.